The molecule has 0 aliphatic carbocycles. The Balaban J connectivity index is 1.58. The van der Waals surface area contributed by atoms with Crippen molar-refractivity contribution in [1.29, 1.82) is 0 Å². The van der Waals surface area contributed by atoms with E-state index in [2.05, 4.69) is 17.4 Å². The quantitative estimate of drug-likeness (QED) is 0.558. The number of hydrogen-bond acceptors (Lipinski definition) is 5. The number of aryl methyl sites for hydroxylation is 2. The molecule has 3 rings (SSSR count). The van der Waals surface area contributed by atoms with Crippen LogP contribution in [0, 0.1) is 6.92 Å². The molecule has 1 N–H and O–H groups in total. The molecule has 6 nitrogen and oxygen atoms in total. The smallest absolute Gasteiger partial charge is 0.344 e. The van der Waals surface area contributed by atoms with Crippen molar-refractivity contribution in [3.05, 3.63) is 71.5 Å². The Morgan fingerprint density at radius 3 is 2.48 bits per heavy atom. The first-order chi connectivity index (χ1) is 14.1. The highest BCUT2D eigenvalue weighted by Crippen LogP contribution is 2.25. The van der Waals surface area contributed by atoms with Gasteiger partial charge in [0, 0.05) is 11.3 Å². The summed E-state index contributed by atoms with van der Waals surface area (Å²) in [6, 6.07) is 16.9. The van der Waals surface area contributed by atoms with E-state index in [1.807, 2.05) is 54.6 Å². The molecule has 29 heavy (non-hydrogen) atoms. The third-order valence-electron chi connectivity index (χ3n) is 4.51. The van der Waals surface area contributed by atoms with Crippen molar-refractivity contribution >= 4 is 17.6 Å². The van der Waals surface area contributed by atoms with Crippen LogP contribution in [0.4, 0.5) is 5.69 Å². The predicted octanol–water partition coefficient (Wildman–Crippen LogP) is 4.79. The van der Waals surface area contributed by atoms with Crippen LogP contribution in [-0.2, 0) is 16.0 Å². The zero-order valence-corrected chi connectivity index (χ0v) is 16.6. The van der Waals surface area contributed by atoms with Gasteiger partial charge in [-0.3, -0.25) is 4.79 Å². The number of benzene rings is 2. The molecule has 0 atom stereocenters. The molecule has 6 heteroatoms. The fraction of sp³-hybridized carbons (Fsp3) is 0.261. The molecule has 1 heterocycles. The van der Waals surface area contributed by atoms with Crippen LogP contribution in [-0.4, -0.2) is 23.6 Å². The number of ether oxygens (including phenoxy) is 1. The molecular formula is C23H24N2O4. The third kappa shape index (κ3) is 5.31. The first kappa shape index (κ1) is 20.3. The Bertz CT molecular complexity index is 962. The van der Waals surface area contributed by atoms with E-state index in [4.69, 9.17) is 9.26 Å². The van der Waals surface area contributed by atoms with Crippen molar-refractivity contribution in [2.45, 2.75) is 33.1 Å². The van der Waals surface area contributed by atoms with E-state index in [9.17, 15) is 9.59 Å². The monoisotopic (exact) mass is 392 g/mol. The second kappa shape index (κ2) is 9.68. The lowest BCUT2D eigenvalue weighted by Crippen LogP contribution is -2.21. The fourth-order valence-electron chi connectivity index (χ4n) is 2.94. The van der Waals surface area contributed by atoms with Crippen LogP contribution in [0.15, 0.2) is 59.1 Å². The molecule has 1 aromatic heterocycles. The first-order valence-electron chi connectivity index (χ1n) is 9.66. The van der Waals surface area contributed by atoms with Crippen LogP contribution < -0.4 is 5.32 Å². The Morgan fingerprint density at radius 1 is 1.07 bits per heavy atom. The molecule has 0 aliphatic rings. The molecule has 0 unspecified atom stereocenters. The van der Waals surface area contributed by atoms with Crippen LogP contribution in [0.2, 0.25) is 0 Å². The highest BCUT2D eigenvalue weighted by Gasteiger charge is 2.23. The number of unbranched alkanes of at least 4 members (excludes halogenated alkanes) is 1. The molecule has 1 amide bonds. The number of nitrogens with one attached hydrogen (secondary N) is 1. The number of anilines is 1. The van der Waals surface area contributed by atoms with E-state index in [-0.39, 0.29) is 5.56 Å². The first-order valence-corrected chi connectivity index (χ1v) is 9.66. The lowest BCUT2D eigenvalue weighted by molar-refractivity contribution is -0.119. The molecule has 0 saturated heterocycles. The van der Waals surface area contributed by atoms with Crippen LogP contribution in [0.3, 0.4) is 0 Å². The number of nitrogens with zero attached hydrogens (tertiary/aromatic N) is 1. The number of esters is 1. The Labute approximate surface area is 169 Å². The summed E-state index contributed by atoms with van der Waals surface area (Å²) in [5, 5.41) is 6.69. The molecule has 3 aromatic rings. The lowest BCUT2D eigenvalue weighted by atomic mass is 10.1. The van der Waals surface area contributed by atoms with Gasteiger partial charge >= 0.3 is 5.97 Å². The molecule has 0 bridgehead atoms. The average molecular weight is 392 g/mol. The summed E-state index contributed by atoms with van der Waals surface area (Å²) in [6.07, 6.45) is 3.29. The van der Waals surface area contributed by atoms with E-state index in [0.29, 0.717) is 17.1 Å². The number of hydrogen-bond donors (Lipinski definition) is 1. The average Bonchev–Trinajstić information content (AvgIpc) is 3.13. The normalized spacial score (nSPS) is 10.6. The van der Waals surface area contributed by atoms with Crippen LogP contribution in [0.5, 0.6) is 0 Å². The third-order valence-corrected chi connectivity index (χ3v) is 4.51. The van der Waals surface area contributed by atoms with Crippen LogP contribution in [0.1, 0.15) is 41.4 Å². The molecule has 0 fully saturated rings. The minimum absolute atomic E-state index is 0.226. The fourth-order valence-corrected chi connectivity index (χ4v) is 2.94. The van der Waals surface area contributed by atoms with E-state index in [0.717, 1.165) is 24.8 Å². The van der Waals surface area contributed by atoms with Crippen LogP contribution >= 0.6 is 0 Å². The molecular weight excluding hydrogens is 368 g/mol. The summed E-state index contributed by atoms with van der Waals surface area (Å²) >= 11 is 0. The summed E-state index contributed by atoms with van der Waals surface area (Å²) in [4.78, 5) is 24.7. The minimum Gasteiger partial charge on any atom is -0.452 e. The summed E-state index contributed by atoms with van der Waals surface area (Å²) in [6.45, 7) is 3.39. The zero-order chi connectivity index (χ0) is 20.6. The highest BCUT2D eigenvalue weighted by atomic mass is 16.5. The SMILES string of the molecule is CCCCc1ccc(NC(=O)COC(=O)c2c(-c3ccccc3)noc2C)cc1. The van der Waals surface area contributed by atoms with Gasteiger partial charge in [-0.25, -0.2) is 4.79 Å². The van der Waals surface area contributed by atoms with E-state index >= 15 is 0 Å². The van der Waals surface area contributed by atoms with Gasteiger partial charge in [0.25, 0.3) is 5.91 Å². The Hall–Kier alpha value is -3.41. The molecule has 0 spiro atoms. The standard InChI is InChI=1S/C23H24N2O4/c1-3-4-8-17-11-13-19(14-12-17)24-20(26)15-28-23(27)21-16(2)29-25-22(21)18-9-6-5-7-10-18/h5-7,9-14H,3-4,8,15H2,1-2H3,(H,24,26). The predicted molar refractivity (Wildman–Crippen MR) is 111 cm³/mol. The van der Waals surface area contributed by atoms with Gasteiger partial charge in [0.05, 0.1) is 0 Å². The van der Waals surface area contributed by atoms with Gasteiger partial charge in [-0.05, 0) is 37.5 Å². The second-order valence-electron chi connectivity index (χ2n) is 6.75. The summed E-state index contributed by atoms with van der Waals surface area (Å²) < 4.78 is 10.4. The van der Waals surface area contributed by atoms with Crippen molar-refractivity contribution in [3.63, 3.8) is 0 Å². The van der Waals surface area contributed by atoms with Crippen molar-refractivity contribution < 1.29 is 18.8 Å². The summed E-state index contributed by atoms with van der Waals surface area (Å²) in [5.74, 6) is -0.709. The zero-order valence-electron chi connectivity index (χ0n) is 16.6. The maximum absolute atomic E-state index is 12.5. The number of carbonyl (C=O) groups is 2. The summed E-state index contributed by atoms with van der Waals surface area (Å²) in [7, 11) is 0. The topological polar surface area (TPSA) is 81.4 Å². The molecule has 0 saturated carbocycles. The number of rotatable bonds is 8. The van der Waals surface area contributed by atoms with E-state index < -0.39 is 18.5 Å². The van der Waals surface area contributed by atoms with Crippen LogP contribution in [0.25, 0.3) is 11.3 Å². The van der Waals surface area contributed by atoms with E-state index in [1.165, 1.54) is 5.56 Å². The molecule has 0 radical (unpaired) electrons. The van der Waals surface area contributed by atoms with E-state index in [1.54, 1.807) is 6.92 Å². The van der Waals surface area contributed by atoms with Gasteiger partial charge in [0.15, 0.2) is 6.61 Å². The second-order valence-corrected chi connectivity index (χ2v) is 6.75. The molecule has 0 aliphatic heterocycles. The maximum Gasteiger partial charge on any atom is 0.344 e. The van der Waals surface area contributed by atoms with Crippen molar-refractivity contribution in [2.24, 2.45) is 0 Å². The van der Waals surface area contributed by atoms with Gasteiger partial charge in [0.2, 0.25) is 0 Å². The summed E-state index contributed by atoms with van der Waals surface area (Å²) in [5.41, 5.74) is 3.26. The maximum atomic E-state index is 12.5. The van der Waals surface area contributed by atoms with Gasteiger partial charge in [-0.2, -0.15) is 0 Å². The van der Waals surface area contributed by atoms with Crippen molar-refractivity contribution in [2.75, 3.05) is 11.9 Å². The van der Waals surface area contributed by atoms with Crippen molar-refractivity contribution in [3.8, 4) is 11.3 Å². The number of aromatic nitrogens is 1. The largest absolute Gasteiger partial charge is 0.452 e. The lowest BCUT2D eigenvalue weighted by Gasteiger charge is -2.08. The van der Waals surface area contributed by atoms with Crippen molar-refractivity contribution in [1.82, 2.24) is 5.16 Å². The minimum atomic E-state index is -0.646. The number of carbonyl (C=O) groups excluding carboxylic acids is 2. The molecule has 2 aromatic carbocycles. The van der Waals surface area contributed by atoms with Gasteiger partial charge < -0.3 is 14.6 Å². The molecule has 150 valence electrons. The number of amides is 1. The highest BCUT2D eigenvalue weighted by molar-refractivity contribution is 5.99. The van der Waals surface area contributed by atoms with Gasteiger partial charge in [-0.15, -0.1) is 0 Å². The van der Waals surface area contributed by atoms with Gasteiger partial charge in [-0.1, -0.05) is 61.0 Å². The Morgan fingerprint density at radius 2 is 1.79 bits per heavy atom. The van der Waals surface area contributed by atoms with Gasteiger partial charge in [0.1, 0.15) is 17.0 Å². The Kier molecular flexibility index (Phi) is 6.79.